The first-order valence-corrected chi connectivity index (χ1v) is 6.41. The Kier molecular flexibility index (Phi) is 4.04. The van der Waals surface area contributed by atoms with Crippen molar-refractivity contribution in [3.05, 3.63) is 35.1 Å². The Labute approximate surface area is 114 Å². The second-order valence-corrected chi connectivity index (χ2v) is 5.01. The van der Waals surface area contributed by atoms with E-state index in [1.54, 1.807) is 0 Å². The number of alkyl halides is 3. The molecule has 0 aliphatic heterocycles. The van der Waals surface area contributed by atoms with E-state index in [4.69, 9.17) is 4.42 Å². The van der Waals surface area contributed by atoms with E-state index in [1.807, 2.05) is 13.8 Å². The molecule has 0 atom stereocenters. The van der Waals surface area contributed by atoms with Crippen LogP contribution in [0.1, 0.15) is 50.0 Å². The zero-order valence-electron chi connectivity index (χ0n) is 11.3. The number of aromatic nitrogens is 1. The summed E-state index contributed by atoms with van der Waals surface area (Å²) in [7, 11) is 0. The summed E-state index contributed by atoms with van der Waals surface area (Å²) in [5, 5.41) is 9.23. The molecule has 1 aromatic rings. The number of oxazole rings is 1. The van der Waals surface area contributed by atoms with Gasteiger partial charge < -0.3 is 9.52 Å². The highest BCUT2D eigenvalue weighted by Gasteiger charge is 2.34. The maximum absolute atomic E-state index is 12.7. The molecule has 0 aromatic carbocycles. The van der Waals surface area contributed by atoms with Gasteiger partial charge in [0, 0.05) is 11.5 Å². The van der Waals surface area contributed by atoms with Crippen LogP contribution in [0.5, 0.6) is 0 Å². The van der Waals surface area contributed by atoms with Gasteiger partial charge in [0.1, 0.15) is 11.5 Å². The number of nitrogens with zero attached hydrogens (tertiary/aromatic N) is 1. The highest BCUT2D eigenvalue weighted by molar-refractivity contribution is 5.64. The number of aliphatic hydroxyl groups is 1. The summed E-state index contributed by atoms with van der Waals surface area (Å²) in [6, 6.07) is 0. The topological polar surface area (TPSA) is 46.3 Å². The van der Waals surface area contributed by atoms with Crippen molar-refractivity contribution in [1.82, 2.24) is 4.98 Å². The van der Waals surface area contributed by atoms with Crippen molar-refractivity contribution >= 4 is 5.57 Å². The Hall–Kier alpha value is -1.56. The van der Waals surface area contributed by atoms with E-state index in [0.29, 0.717) is 29.9 Å². The first kappa shape index (κ1) is 14.8. The molecule has 0 saturated carbocycles. The third-order valence-corrected chi connectivity index (χ3v) is 3.11. The number of allylic oxidation sites excluding steroid dienone is 4. The first-order chi connectivity index (χ1) is 9.32. The number of aliphatic hydroxyl groups excluding tert-OH is 1. The largest absolute Gasteiger partial charge is 0.441 e. The van der Waals surface area contributed by atoms with Crippen LogP contribution in [0.3, 0.4) is 0 Å². The Morgan fingerprint density at radius 3 is 2.60 bits per heavy atom. The van der Waals surface area contributed by atoms with E-state index < -0.39 is 11.7 Å². The third-order valence-electron chi connectivity index (χ3n) is 3.11. The molecule has 110 valence electrons. The summed E-state index contributed by atoms with van der Waals surface area (Å²) in [4.78, 5) is 4.11. The van der Waals surface area contributed by atoms with Crippen molar-refractivity contribution < 1.29 is 22.7 Å². The third kappa shape index (κ3) is 2.95. The molecule has 0 amide bonds. The maximum atomic E-state index is 12.7. The molecule has 1 heterocycles. The van der Waals surface area contributed by atoms with Crippen molar-refractivity contribution in [3.8, 4) is 0 Å². The molecule has 0 fully saturated rings. The van der Waals surface area contributed by atoms with Gasteiger partial charge >= 0.3 is 6.18 Å². The minimum atomic E-state index is -4.36. The van der Waals surface area contributed by atoms with Crippen LogP contribution < -0.4 is 0 Å². The molecular formula is C14H16F3NO2. The van der Waals surface area contributed by atoms with Crippen LogP contribution in [0.25, 0.3) is 5.57 Å². The Morgan fingerprint density at radius 2 is 2.10 bits per heavy atom. The fourth-order valence-corrected chi connectivity index (χ4v) is 2.13. The summed E-state index contributed by atoms with van der Waals surface area (Å²) in [5.74, 6) is 0.708. The van der Waals surface area contributed by atoms with Gasteiger partial charge in [-0.1, -0.05) is 19.9 Å². The van der Waals surface area contributed by atoms with Gasteiger partial charge in [-0.25, -0.2) is 4.98 Å². The molecule has 6 heteroatoms. The summed E-state index contributed by atoms with van der Waals surface area (Å²) in [6.45, 7) is 3.46. The van der Waals surface area contributed by atoms with Crippen molar-refractivity contribution in [2.45, 2.75) is 45.4 Å². The van der Waals surface area contributed by atoms with E-state index >= 15 is 0 Å². The number of hydrogen-bond donors (Lipinski definition) is 1. The summed E-state index contributed by atoms with van der Waals surface area (Å²) in [5.41, 5.74) is 0.133. The smallest absolute Gasteiger partial charge is 0.416 e. The van der Waals surface area contributed by atoms with Gasteiger partial charge in [0.05, 0.1) is 12.2 Å². The maximum Gasteiger partial charge on any atom is 0.416 e. The van der Waals surface area contributed by atoms with Crippen molar-refractivity contribution in [1.29, 1.82) is 0 Å². The molecule has 0 radical (unpaired) electrons. The predicted molar refractivity (Wildman–Crippen MR) is 67.9 cm³/mol. The molecule has 1 aromatic heterocycles. The summed E-state index contributed by atoms with van der Waals surface area (Å²) >= 11 is 0. The monoisotopic (exact) mass is 287 g/mol. The minimum absolute atomic E-state index is 0.0141. The second-order valence-electron chi connectivity index (χ2n) is 5.01. The average Bonchev–Trinajstić information content (AvgIpc) is 2.82. The Bertz CT molecular complexity index is 553. The van der Waals surface area contributed by atoms with Gasteiger partial charge in [-0.3, -0.25) is 0 Å². The number of halogens is 3. The van der Waals surface area contributed by atoms with Crippen molar-refractivity contribution in [2.24, 2.45) is 0 Å². The predicted octanol–water partition coefficient (Wildman–Crippen LogP) is 3.96. The van der Waals surface area contributed by atoms with Gasteiger partial charge in [0.15, 0.2) is 0 Å². The molecular weight excluding hydrogens is 271 g/mol. The van der Waals surface area contributed by atoms with Crippen LogP contribution in [0.2, 0.25) is 0 Å². The summed E-state index contributed by atoms with van der Waals surface area (Å²) in [6.07, 6.45) is -1.38. The van der Waals surface area contributed by atoms with Crippen LogP contribution >= 0.6 is 0 Å². The molecule has 0 unspecified atom stereocenters. The number of hydrogen-bond acceptors (Lipinski definition) is 3. The van der Waals surface area contributed by atoms with Gasteiger partial charge in [0.2, 0.25) is 5.89 Å². The van der Waals surface area contributed by atoms with Gasteiger partial charge in [0.25, 0.3) is 0 Å². The van der Waals surface area contributed by atoms with Crippen LogP contribution in [-0.4, -0.2) is 16.3 Å². The molecule has 0 saturated heterocycles. The lowest BCUT2D eigenvalue weighted by molar-refractivity contribution is -0.0885. The molecule has 0 spiro atoms. The molecule has 1 aliphatic carbocycles. The van der Waals surface area contributed by atoms with Gasteiger partial charge in [-0.05, 0) is 18.9 Å². The lowest BCUT2D eigenvalue weighted by atomic mass is 9.99. The van der Waals surface area contributed by atoms with Crippen LogP contribution in [0.4, 0.5) is 13.2 Å². The average molecular weight is 287 g/mol. The van der Waals surface area contributed by atoms with Gasteiger partial charge in [-0.15, -0.1) is 0 Å². The lowest BCUT2D eigenvalue weighted by Crippen LogP contribution is -2.12. The molecule has 20 heavy (non-hydrogen) atoms. The highest BCUT2D eigenvalue weighted by Crippen LogP contribution is 2.35. The quantitative estimate of drug-likeness (QED) is 0.915. The second kappa shape index (κ2) is 5.44. The normalized spacial score (nSPS) is 16.4. The van der Waals surface area contributed by atoms with Crippen LogP contribution in [-0.2, 0) is 6.61 Å². The Balaban J connectivity index is 2.37. The molecule has 1 aliphatic rings. The van der Waals surface area contributed by atoms with E-state index in [-0.39, 0.29) is 18.4 Å². The number of rotatable bonds is 3. The van der Waals surface area contributed by atoms with E-state index in [9.17, 15) is 18.3 Å². The molecule has 0 bridgehead atoms. The fraction of sp³-hybridized carbons (Fsp3) is 0.500. The molecule has 1 N–H and O–H groups in total. The van der Waals surface area contributed by atoms with Crippen molar-refractivity contribution in [3.63, 3.8) is 0 Å². The van der Waals surface area contributed by atoms with Crippen molar-refractivity contribution in [2.75, 3.05) is 0 Å². The van der Waals surface area contributed by atoms with Crippen LogP contribution in [0, 0.1) is 0 Å². The first-order valence-electron chi connectivity index (χ1n) is 6.41. The molecule has 3 nitrogen and oxygen atoms in total. The van der Waals surface area contributed by atoms with E-state index in [1.165, 1.54) is 6.08 Å². The van der Waals surface area contributed by atoms with Gasteiger partial charge in [-0.2, -0.15) is 13.2 Å². The standard InChI is InChI=1S/C14H16F3NO2/c1-8(2)12-11(7-19)18-13(20-12)9-4-3-5-10(6-9)14(15,16)17/h5-6,8,19H,3-4,7H2,1-2H3. The van der Waals surface area contributed by atoms with E-state index in [2.05, 4.69) is 4.98 Å². The van der Waals surface area contributed by atoms with Crippen LogP contribution in [0.15, 0.2) is 22.1 Å². The lowest BCUT2D eigenvalue weighted by Gasteiger charge is -2.14. The molecule has 2 rings (SSSR count). The zero-order chi connectivity index (χ0) is 14.9. The zero-order valence-corrected chi connectivity index (χ0v) is 11.3. The minimum Gasteiger partial charge on any atom is -0.441 e. The Morgan fingerprint density at radius 1 is 1.40 bits per heavy atom. The highest BCUT2D eigenvalue weighted by atomic mass is 19.4. The van der Waals surface area contributed by atoms with E-state index in [0.717, 1.165) is 6.08 Å². The summed E-state index contributed by atoms with van der Waals surface area (Å²) < 4.78 is 43.6. The fourth-order valence-electron chi connectivity index (χ4n) is 2.13. The SMILES string of the molecule is CC(C)c1oc(C2=CC(C(F)(F)F)=CCC2)nc1CO.